The number of hydrogen-bond acceptors (Lipinski definition) is 0. The van der Waals surface area contributed by atoms with Gasteiger partial charge in [-0.1, -0.05) is 17.7 Å². The first-order valence-electron chi connectivity index (χ1n) is 5.12. The van der Waals surface area contributed by atoms with Crippen molar-refractivity contribution in [3.05, 3.63) is 59.9 Å². The van der Waals surface area contributed by atoms with Crippen LogP contribution < -0.4 is 4.57 Å². The molecule has 88 valence electrons. The minimum absolute atomic E-state index is 0.638. The molecule has 0 unspecified atom stereocenters. The molecule has 1 nitrogen and oxygen atoms in total. The Labute approximate surface area is 97.1 Å². The summed E-state index contributed by atoms with van der Waals surface area (Å²) in [5.41, 5.74) is 1.31. The van der Waals surface area contributed by atoms with Crippen molar-refractivity contribution in [2.75, 3.05) is 0 Å². The molecule has 2 aromatic rings. The fourth-order valence-corrected chi connectivity index (χ4v) is 1.50. The summed E-state index contributed by atoms with van der Waals surface area (Å²) in [6.45, 7) is 1.96. The number of rotatable bonds is 1. The molecule has 1 aromatic heterocycles. The second kappa shape index (κ2) is 4.20. The van der Waals surface area contributed by atoms with Crippen LogP contribution in [-0.2, 0) is 6.18 Å². The van der Waals surface area contributed by atoms with Gasteiger partial charge < -0.3 is 0 Å². The molecule has 0 aliphatic heterocycles. The van der Waals surface area contributed by atoms with Crippen LogP contribution in [0.25, 0.3) is 5.69 Å². The maximum atomic E-state index is 12.4. The molecule has 0 aliphatic carbocycles. The molecule has 1 heterocycles. The average molecular weight is 238 g/mol. The van der Waals surface area contributed by atoms with Gasteiger partial charge in [0.2, 0.25) is 5.69 Å². The molecular formula is C13H11F3N+. The average Bonchev–Trinajstić information content (AvgIpc) is 2.29. The molecule has 2 rings (SSSR count). The maximum absolute atomic E-state index is 12.4. The maximum Gasteiger partial charge on any atom is 0.416 e. The van der Waals surface area contributed by atoms with E-state index in [1.807, 2.05) is 31.2 Å². The Kier molecular flexibility index (Phi) is 2.88. The third-order valence-electron chi connectivity index (χ3n) is 2.49. The summed E-state index contributed by atoms with van der Waals surface area (Å²) in [4.78, 5) is 0. The molecule has 0 saturated heterocycles. The molecule has 0 bridgehead atoms. The van der Waals surface area contributed by atoms with Crippen LogP contribution in [0.2, 0.25) is 0 Å². The van der Waals surface area contributed by atoms with Crippen molar-refractivity contribution in [1.82, 2.24) is 0 Å². The van der Waals surface area contributed by atoms with Crippen LogP contribution in [0.4, 0.5) is 13.2 Å². The molecule has 0 saturated carbocycles. The number of benzene rings is 1. The van der Waals surface area contributed by atoms with Gasteiger partial charge in [-0.2, -0.15) is 17.7 Å². The standard InChI is InChI=1S/C13H11F3N/c1-10-2-4-12(5-3-10)17-8-6-11(7-9-17)13(14,15)16/h2-9H,1H3/q+1. The van der Waals surface area contributed by atoms with E-state index >= 15 is 0 Å². The van der Waals surface area contributed by atoms with E-state index in [4.69, 9.17) is 0 Å². The molecule has 0 radical (unpaired) electrons. The van der Waals surface area contributed by atoms with Crippen LogP contribution in [0.3, 0.4) is 0 Å². The third kappa shape index (κ3) is 2.64. The van der Waals surface area contributed by atoms with Crippen molar-refractivity contribution in [1.29, 1.82) is 0 Å². The Bertz CT molecular complexity index is 498. The van der Waals surface area contributed by atoms with Crippen LogP contribution in [0.15, 0.2) is 48.8 Å². The Morgan fingerprint density at radius 3 is 1.88 bits per heavy atom. The number of aryl methyl sites for hydroxylation is 1. The minimum atomic E-state index is -4.29. The van der Waals surface area contributed by atoms with Gasteiger partial charge in [0, 0.05) is 24.3 Å². The van der Waals surface area contributed by atoms with Crippen molar-refractivity contribution >= 4 is 0 Å². The van der Waals surface area contributed by atoms with Gasteiger partial charge in [-0.15, -0.1) is 0 Å². The summed E-state index contributed by atoms with van der Waals surface area (Å²) in [6, 6.07) is 9.70. The Morgan fingerprint density at radius 2 is 1.41 bits per heavy atom. The van der Waals surface area contributed by atoms with E-state index in [1.54, 1.807) is 4.57 Å². The quantitative estimate of drug-likeness (QED) is 0.671. The van der Waals surface area contributed by atoms with E-state index in [2.05, 4.69) is 0 Å². The number of halogens is 3. The lowest BCUT2D eigenvalue weighted by molar-refractivity contribution is -0.596. The minimum Gasteiger partial charge on any atom is -0.167 e. The molecule has 1 aromatic carbocycles. The fraction of sp³-hybridized carbons (Fsp3) is 0.154. The summed E-state index contributed by atoms with van der Waals surface area (Å²) in [6.07, 6.45) is -1.46. The molecular weight excluding hydrogens is 227 g/mol. The van der Waals surface area contributed by atoms with Crippen LogP contribution >= 0.6 is 0 Å². The first-order chi connectivity index (χ1) is 7.97. The zero-order valence-corrected chi connectivity index (χ0v) is 9.20. The van der Waals surface area contributed by atoms with Crippen LogP contribution in [0.5, 0.6) is 0 Å². The predicted molar refractivity (Wildman–Crippen MR) is 57.7 cm³/mol. The Morgan fingerprint density at radius 1 is 0.882 bits per heavy atom. The van der Waals surface area contributed by atoms with Gasteiger partial charge >= 0.3 is 6.18 Å². The van der Waals surface area contributed by atoms with Gasteiger partial charge in [-0.05, 0) is 6.92 Å². The first-order valence-corrected chi connectivity index (χ1v) is 5.12. The van der Waals surface area contributed by atoms with E-state index in [0.717, 1.165) is 23.4 Å². The number of alkyl halides is 3. The van der Waals surface area contributed by atoms with Gasteiger partial charge in [-0.25, -0.2) is 0 Å². The third-order valence-corrected chi connectivity index (χ3v) is 2.49. The summed E-state index contributed by atoms with van der Waals surface area (Å²) in [5, 5.41) is 0. The molecule has 0 atom stereocenters. The van der Waals surface area contributed by atoms with Crippen molar-refractivity contribution in [2.45, 2.75) is 13.1 Å². The lowest BCUT2D eigenvalue weighted by Crippen LogP contribution is -2.29. The van der Waals surface area contributed by atoms with Gasteiger partial charge in [0.15, 0.2) is 12.4 Å². The van der Waals surface area contributed by atoms with E-state index in [1.165, 1.54) is 12.4 Å². The zero-order valence-electron chi connectivity index (χ0n) is 9.20. The van der Waals surface area contributed by atoms with E-state index in [-0.39, 0.29) is 0 Å². The highest BCUT2D eigenvalue weighted by Gasteiger charge is 2.31. The molecule has 0 spiro atoms. The molecule has 0 amide bonds. The second-order valence-electron chi connectivity index (χ2n) is 3.83. The molecule has 4 heteroatoms. The molecule has 0 N–H and O–H groups in total. The summed E-state index contributed by atoms with van der Waals surface area (Å²) in [7, 11) is 0. The molecule has 0 aliphatic rings. The van der Waals surface area contributed by atoms with Crippen LogP contribution in [0.1, 0.15) is 11.1 Å². The van der Waals surface area contributed by atoms with E-state index in [0.29, 0.717) is 0 Å². The number of pyridine rings is 1. The monoisotopic (exact) mass is 238 g/mol. The smallest absolute Gasteiger partial charge is 0.167 e. The molecule has 0 fully saturated rings. The largest absolute Gasteiger partial charge is 0.416 e. The van der Waals surface area contributed by atoms with Crippen LogP contribution in [0, 0.1) is 6.92 Å². The van der Waals surface area contributed by atoms with Gasteiger partial charge in [0.05, 0.1) is 5.56 Å². The van der Waals surface area contributed by atoms with Crippen LogP contribution in [-0.4, -0.2) is 0 Å². The van der Waals surface area contributed by atoms with Gasteiger partial charge in [0.1, 0.15) is 0 Å². The first kappa shape index (κ1) is 11.6. The van der Waals surface area contributed by atoms with Crippen molar-refractivity contribution in [2.24, 2.45) is 0 Å². The van der Waals surface area contributed by atoms with Gasteiger partial charge in [-0.3, -0.25) is 0 Å². The topological polar surface area (TPSA) is 3.88 Å². The van der Waals surface area contributed by atoms with Crippen molar-refractivity contribution < 1.29 is 17.7 Å². The lowest BCUT2D eigenvalue weighted by Gasteiger charge is -2.04. The summed E-state index contributed by atoms with van der Waals surface area (Å²) >= 11 is 0. The normalized spacial score (nSPS) is 11.5. The highest BCUT2D eigenvalue weighted by atomic mass is 19.4. The fourth-order valence-electron chi connectivity index (χ4n) is 1.50. The Balaban J connectivity index is 2.33. The molecule has 17 heavy (non-hydrogen) atoms. The summed E-state index contributed by atoms with van der Waals surface area (Å²) in [5.74, 6) is 0. The zero-order chi connectivity index (χ0) is 12.5. The predicted octanol–water partition coefficient (Wildman–Crippen LogP) is 3.29. The second-order valence-corrected chi connectivity index (χ2v) is 3.83. The van der Waals surface area contributed by atoms with Gasteiger partial charge in [0.25, 0.3) is 0 Å². The lowest BCUT2D eigenvalue weighted by atomic mass is 10.2. The summed E-state index contributed by atoms with van der Waals surface area (Å²) < 4.78 is 38.7. The van der Waals surface area contributed by atoms with E-state index in [9.17, 15) is 13.2 Å². The highest BCUT2D eigenvalue weighted by molar-refractivity contribution is 5.26. The number of nitrogens with zero attached hydrogens (tertiary/aromatic N) is 1. The van der Waals surface area contributed by atoms with E-state index < -0.39 is 11.7 Å². The Hall–Kier alpha value is -1.84. The number of aromatic nitrogens is 1. The van der Waals surface area contributed by atoms with Crippen molar-refractivity contribution in [3.8, 4) is 5.69 Å². The SMILES string of the molecule is Cc1ccc(-[n+]2ccc(C(F)(F)F)cc2)cc1. The van der Waals surface area contributed by atoms with Crippen molar-refractivity contribution in [3.63, 3.8) is 0 Å². The highest BCUT2D eigenvalue weighted by Crippen LogP contribution is 2.27. The number of hydrogen-bond donors (Lipinski definition) is 0.